The molecule has 0 fully saturated rings. The summed E-state index contributed by atoms with van der Waals surface area (Å²) in [6, 6.07) is 46.9. The van der Waals surface area contributed by atoms with E-state index in [1.165, 1.54) is 38.4 Å². The smallest absolute Gasteiger partial charge is 0.135 e. The Labute approximate surface area is 250 Å². The Morgan fingerprint density at radius 3 is 1.35 bits per heavy atom. The standard InChI is InChI=1S/C15H16N2.2C12H8O/c1-15(2)11-5-3-4-6-13(11)17-14-8-7-10(16)9-12(14)15;2*1-3-7-11-9(5-1)10-6-2-4-8-12(10)13-11/h3-9,17H,16H2,1-2H3;2*1-8H. The average molecular weight is 561 g/mol. The van der Waals surface area contributed by atoms with Gasteiger partial charge in [-0.3, -0.25) is 0 Å². The van der Waals surface area contributed by atoms with Crippen LogP contribution < -0.4 is 11.1 Å². The van der Waals surface area contributed by atoms with Crippen LogP contribution in [0.3, 0.4) is 0 Å². The van der Waals surface area contributed by atoms with Gasteiger partial charge in [-0.05, 0) is 59.7 Å². The molecule has 8 aromatic rings. The van der Waals surface area contributed by atoms with Crippen molar-refractivity contribution in [3.63, 3.8) is 0 Å². The van der Waals surface area contributed by atoms with Crippen molar-refractivity contribution in [3.05, 3.63) is 151 Å². The zero-order valence-corrected chi connectivity index (χ0v) is 24.2. The molecule has 1 aliphatic heterocycles. The lowest BCUT2D eigenvalue weighted by atomic mass is 9.74. The Hall–Kier alpha value is -5.48. The second kappa shape index (κ2) is 10.7. The fraction of sp³-hybridized carbons (Fsp3) is 0.0769. The fourth-order valence-electron chi connectivity index (χ4n) is 5.96. The number of nitrogens with one attached hydrogen (secondary N) is 1. The minimum absolute atomic E-state index is 0.00738. The molecule has 3 N–H and O–H groups in total. The van der Waals surface area contributed by atoms with Gasteiger partial charge in [0.15, 0.2) is 0 Å². The molecule has 4 heteroatoms. The average Bonchev–Trinajstić information content (AvgIpc) is 3.61. The molecule has 3 heterocycles. The minimum Gasteiger partial charge on any atom is -0.456 e. The van der Waals surface area contributed by atoms with E-state index in [1.807, 2.05) is 78.9 Å². The predicted molar refractivity (Wildman–Crippen MR) is 180 cm³/mol. The number of rotatable bonds is 0. The van der Waals surface area contributed by atoms with Crippen molar-refractivity contribution in [2.75, 3.05) is 11.1 Å². The van der Waals surface area contributed by atoms with Gasteiger partial charge in [-0.15, -0.1) is 0 Å². The van der Waals surface area contributed by atoms with Gasteiger partial charge in [0.1, 0.15) is 22.3 Å². The number of para-hydroxylation sites is 5. The van der Waals surface area contributed by atoms with E-state index in [4.69, 9.17) is 14.6 Å². The van der Waals surface area contributed by atoms with Gasteiger partial charge in [0.25, 0.3) is 0 Å². The largest absolute Gasteiger partial charge is 0.456 e. The van der Waals surface area contributed by atoms with Crippen LogP contribution in [0.5, 0.6) is 0 Å². The van der Waals surface area contributed by atoms with Gasteiger partial charge >= 0.3 is 0 Å². The molecular weight excluding hydrogens is 528 g/mol. The van der Waals surface area contributed by atoms with E-state index >= 15 is 0 Å². The van der Waals surface area contributed by atoms with Gasteiger partial charge in [-0.1, -0.05) is 105 Å². The summed E-state index contributed by atoms with van der Waals surface area (Å²) < 4.78 is 11.3. The van der Waals surface area contributed by atoms with E-state index < -0.39 is 0 Å². The van der Waals surface area contributed by atoms with E-state index in [0.29, 0.717) is 0 Å². The molecule has 0 saturated heterocycles. The molecule has 0 unspecified atom stereocenters. The normalized spacial score (nSPS) is 12.9. The molecule has 2 aromatic heterocycles. The van der Waals surface area contributed by atoms with Crippen LogP contribution in [0.2, 0.25) is 0 Å². The topological polar surface area (TPSA) is 64.3 Å². The van der Waals surface area contributed by atoms with Gasteiger partial charge < -0.3 is 19.9 Å². The molecule has 0 amide bonds. The summed E-state index contributed by atoms with van der Waals surface area (Å²) >= 11 is 0. The molecule has 4 nitrogen and oxygen atoms in total. The van der Waals surface area contributed by atoms with E-state index in [2.05, 4.69) is 79.8 Å². The third kappa shape index (κ3) is 4.87. The molecule has 0 saturated carbocycles. The molecular formula is C39H32N2O2. The second-order valence-electron chi connectivity index (χ2n) is 11.3. The molecule has 0 bridgehead atoms. The lowest BCUT2D eigenvalue weighted by Crippen LogP contribution is -2.26. The van der Waals surface area contributed by atoms with Crippen molar-refractivity contribution in [3.8, 4) is 0 Å². The molecule has 43 heavy (non-hydrogen) atoms. The summed E-state index contributed by atoms with van der Waals surface area (Å²) in [7, 11) is 0. The maximum atomic E-state index is 5.90. The molecule has 0 radical (unpaired) electrons. The summed E-state index contributed by atoms with van der Waals surface area (Å²) in [5, 5.41) is 8.24. The Bertz CT molecular complexity index is 2010. The Morgan fingerprint density at radius 2 is 0.860 bits per heavy atom. The Balaban J connectivity index is 0.000000106. The molecule has 0 atom stereocenters. The van der Waals surface area contributed by atoms with Gasteiger partial charge in [-0.25, -0.2) is 0 Å². The number of nitrogens with two attached hydrogens (primary N) is 1. The van der Waals surface area contributed by atoms with Crippen LogP contribution in [0.4, 0.5) is 17.1 Å². The number of hydrogen-bond acceptors (Lipinski definition) is 4. The van der Waals surface area contributed by atoms with E-state index in [0.717, 1.165) is 33.7 Å². The molecule has 9 rings (SSSR count). The maximum Gasteiger partial charge on any atom is 0.135 e. The number of furan rings is 2. The molecule has 6 aromatic carbocycles. The van der Waals surface area contributed by atoms with Crippen molar-refractivity contribution in [2.24, 2.45) is 0 Å². The van der Waals surface area contributed by atoms with Crippen molar-refractivity contribution in [1.29, 1.82) is 0 Å². The molecule has 0 spiro atoms. The van der Waals surface area contributed by atoms with Crippen LogP contribution in [-0.2, 0) is 5.41 Å². The number of anilines is 3. The SMILES string of the molecule is CC1(C)c2ccccc2Nc2ccc(N)cc21.c1ccc2c(c1)oc1ccccc12.c1ccc2c(c1)oc1ccccc12. The van der Waals surface area contributed by atoms with Crippen molar-refractivity contribution in [1.82, 2.24) is 0 Å². The van der Waals surface area contributed by atoms with Crippen LogP contribution in [0.25, 0.3) is 43.9 Å². The van der Waals surface area contributed by atoms with Crippen LogP contribution in [0.15, 0.2) is 148 Å². The highest BCUT2D eigenvalue weighted by Gasteiger charge is 2.32. The van der Waals surface area contributed by atoms with Crippen LogP contribution in [0.1, 0.15) is 25.0 Å². The van der Waals surface area contributed by atoms with Crippen LogP contribution in [-0.4, -0.2) is 0 Å². The van der Waals surface area contributed by atoms with Crippen molar-refractivity contribution in [2.45, 2.75) is 19.3 Å². The van der Waals surface area contributed by atoms with Crippen LogP contribution in [0, 0.1) is 0 Å². The monoisotopic (exact) mass is 560 g/mol. The lowest BCUT2D eigenvalue weighted by molar-refractivity contribution is 0.638. The van der Waals surface area contributed by atoms with Crippen LogP contribution >= 0.6 is 0 Å². The summed E-state index contributed by atoms with van der Waals surface area (Å²) in [6.07, 6.45) is 0. The minimum atomic E-state index is -0.00738. The lowest BCUT2D eigenvalue weighted by Gasteiger charge is -2.35. The number of benzene rings is 6. The zero-order chi connectivity index (χ0) is 29.4. The first kappa shape index (κ1) is 26.4. The Kier molecular flexibility index (Phi) is 6.59. The molecule has 210 valence electrons. The van der Waals surface area contributed by atoms with Crippen molar-refractivity contribution >= 4 is 60.9 Å². The van der Waals surface area contributed by atoms with Gasteiger partial charge in [0.2, 0.25) is 0 Å². The summed E-state index contributed by atoms with van der Waals surface area (Å²) in [5.41, 5.74) is 15.5. The predicted octanol–water partition coefficient (Wildman–Crippen LogP) is 10.8. The number of nitrogen functional groups attached to an aromatic ring is 1. The first-order chi connectivity index (χ1) is 21.0. The van der Waals surface area contributed by atoms with Gasteiger partial charge in [-0.2, -0.15) is 0 Å². The van der Waals surface area contributed by atoms with Gasteiger partial charge in [0.05, 0.1) is 0 Å². The number of fused-ring (bicyclic) bond motifs is 8. The third-order valence-electron chi connectivity index (χ3n) is 8.16. The van der Waals surface area contributed by atoms with Crippen molar-refractivity contribution < 1.29 is 8.83 Å². The zero-order valence-electron chi connectivity index (χ0n) is 24.2. The second-order valence-corrected chi connectivity index (χ2v) is 11.3. The Morgan fingerprint density at radius 1 is 0.465 bits per heavy atom. The van der Waals surface area contributed by atoms with E-state index in [9.17, 15) is 0 Å². The number of hydrogen-bond donors (Lipinski definition) is 2. The molecule has 0 aliphatic carbocycles. The quantitative estimate of drug-likeness (QED) is 0.181. The first-order valence-corrected chi connectivity index (χ1v) is 14.5. The highest BCUT2D eigenvalue weighted by atomic mass is 16.3. The first-order valence-electron chi connectivity index (χ1n) is 14.5. The summed E-state index contributed by atoms with van der Waals surface area (Å²) in [4.78, 5) is 0. The maximum absolute atomic E-state index is 5.90. The van der Waals surface area contributed by atoms with E-state index in [-0.39, 0.29) is 5.41 Å². The molecule has 1 aliphatic rings. The third-order valence-corrected chi connectivity index (χ3v) is 8.16. The highest BCUT2D eigenvalue weighted by molar-refractivity contribution is 6.05. The summed E-state index contributed by atoms with van der Waals surface area (Å²) in [6.45, 7) is 4.48. The van der Waals surface area contributed by atoms with E-state index in [1.54, 1.807) is 0 Å². The fourth-order valence-corrected chi connectivity index (χ4v) is 5.96. The van der Waals surface area contributed by atoms with Gasteiger partial charge in [0, 0.05) is 44.0 Å². The highest BCUT2D eigenvalue weighted by Crippen LogP contribution is 2.45. The summed E-state index contributed by atoms with van der Waals surface area (Å²) in [5.74, 6) is 0.